The van der Waals surface area contributed by atoms with Crippen molar-refractivity contribution in [2.45, 2.75) is 57.3 Å². The van der Waals surface area contributed by atoms with E-state index in [1.807, 2.05) is 0 Å². The van der Waals surface area contributed by atoms with E-state index in [9.17, 15) is 18.4 Å². The van der Waals surface area contributed by atoms with E-state index < -0.39 is 23.9 Å². The number of carbonyl (C=O) groups excluding carboxylic acids is 2. The van der Waals surface area contributed by atoms with Gasteiger partial charge >= 0.3 is 0 Å². The largest absolute Gasteiger partial charge is 0.493 e. The molecular weight excluding hydrogens is 496 g/mol. The van der Waals surface area contributed by atoms with Gasteiger partial charge in [0.2, 0.25) is 5.91 Å². The van der Waals surface area contributed by atoms with Crippen molar-refractivity contribution in [3.05, 3.63) is 41.6 Å². The van der Waals surface area contributed by atoms with Crippen molar-refractivity contribution in [1.82, 2.24) is 25.6 Å². The molecule has 9 nitrogen and oxygen atoms in total. The highest BCUT2D eigenvalue weighted by Crippen LogP contribution is 2.37. The van der Waals surface area contributed by atoms with Gasteiger partial charge in [0.1, 0.15) is 41.9 Å². The number of hydrogen-bond donors (Lipinski definition) is 3. The van der Waals surface area contributed by atoms with Gasteiger partial charge in [-0.25, -0.2) is 18.7 Å². The van der Waals surface area contributed by atoms with Gasteiger partial charge < -0.3 is 25.1 Å². The summed E-state index contributed by atoms with van der Waals surface area (Å²) in [6.07, 6.45) is 3.24. The second-order valence-corrected chi connectivity index (χ2v) is 10.1. The minimum atomic E-state index is -1.32. The zero-order valence-corrected chi connectivity index (χ0v) is 21.4. The van der Waals surface area contributed by atoms with E-state index in [1.165, 1.54) is 25.6 Å². The Hall–Kier alpha value is -3.60. The summed E-state index contributed by atoms with van der Waals surface area (Å²) in [5.41, 5.74) is 2.52. The molecule has 2 aromatic heterocycles. The van der Waals surface area contributed by atoms with Crippen molar-refractivity contribution in [3.8, 4) is 17.0 Å². The Kier molecular flexibility index (Phi) is 7.55. The first-order valence-electron chi connectivity index (χ1n) is 12.8. The number of amides is 2. The molecule has 0 unspecified atom stereocenters. The molecule has 0 bridgehead atoms. The summed E-state index contributed by atoms with van der Waals surface area (Å²) >= 11 is 0. The fraction of sp³-hybridized carbons (Fsp3) is 0.481. The van der Waals surface area contributed by atoms with Crippen LogP contribution in [0.25, 0.3) is 22.3 Å². The minimum Gasteiger partial charge on any atom is -0.493 e. The summed E-state index contributed by atoms with van der Waals surface area (Å²) in [5.74, 6) is -0.174. The predicted molar refractivity (Wildman–Crippen MR) is 136 cm³/mol. The number of alkyl halides is 1. The summed E-state index contributed by atoms with van der Waals surface area (Å²) in [6.45, 7) is 2.19. The molecule has 2 saturated carbocycles. The van der Waals surface area contributed by atoms with Crippen molar-refractivity contribution in [1.29, 1.82) is 0 Å². The number of H-pyrrole nitrogens is 1. The number of nitrogens with one attached hydrogen (secondary N) is 3. The molecule has 0 radical (unpaired) electrons. The molecule has 1 aromatic carbocycles. The van der Waals surface area contributed by atoms with Gasteiger partial charge in [0.05, 0.1) is 23.7 Å². The van der Waals surface area contributed by atoms with Gasteiger partial charge in [-0.3, -0.25) is 9.59 Å². The van der Waals surface area contributed by atoms with Crippen molar-refractivity contribution in [3.63, 3.8) is 0 Å². The molecular formula is C27H31F2N5O4. The Bertz CT molecular complexity index is 1340. The second-order valence-electron chi connectivity index (χ2n) is 10.1. The van der Waals surface area contributed by atoms with Gasteiger partial charge in [-0.15, -0.1) is 0 Å². The number of carbonyl (C=O) groups is 2. The number of nitrogens with zero attached hydrogens (tertiary/aromatic N) is 2. The first kappa shape index (κ1) is 26.0. The van der Waals surface area contributed by atoms with Crippen molar-refractivity contribution in [2.75, 3.05) is 20.3 Å². The van der Waals surface area contributed by atoms with Crippen LogP contribution in [0, 0.1) is 18.7 Å². The summed E-state index contributed by atoms with van der Waals surface area (Å²) in [6, 6.07) is 3.27. The molecule has 2 aliphatic rings. The number of benzene rings is 1. The van der Waals surface area contributed by atoms with Crippen LogP contribution in [0.15, 0.2) is 24.5 Å². The van der Waals surface area contributed by atoms with Crippen molar-refractivity contribution < 1.29 is 27.8 Å². The van der Waals surface area contributed by atoms with Gasteiger partial charge in [-0.1, -0.05) is 0 Å². The van der Waals surface area contributed by atoms with Crippen LogP contribution in [0.1, 0.15) is 48.2 Å². The second kappa shape index (κ2) is 11.0. The third-order valence-corrected chi connectivity index (χ3v) is 7.10. The lowest BCUT2D eigenvalue weighted by Gasteiger charge is -2.32. The van der Waals surface area contributed by atoms with Crippen LogP contribution in [0.3, 0.4) is 0 Å². The molecule has 2 heterocycles. The van der Waals surface area contributed by atoms with Crippen LogP contribution < -0.4 is 15.4 Å². The zero-order chi connectivity index (χ0) is 26.8. The molecule has 3 N–H and O–H groups in total. The smallest absolute Gasteiger partial charge is 0.255 e. The zero-order valence-electron chi connectivity index (χ0n) is 21.4. The highest BCUT2D eigenvalue weighted by molar-refractivity contribution is 6.09. The van der Waals surface area contributed by atoms with Crippen molar-refractivity contribution in [2.24, 2.45) is 5.92 Å². The molecule has 3 aromatic rings. The maximum absolute atomic E-state index is 15.0. The third-order valence-electron chi connectivity index (χ3n) is 7.10. The van der Waals surface area contributed by atoms with Crippen LogP contribution in [0.4, 0.5) is 8.78 Å². The quantitative estimate of drug-likeness (QED) is 0.391. The van der Waals surface area contributed by atoms with Gasteiger partial charge in [-0.05, 0) is 56.7 Å². The molecule has 2 aliphatic carbocycles. The third kappa shape index (κ3) is 5.62. The monoisotopic (exact) mass is 527 g/mol. The van der Waals surface area contributed by atoms with E-state index in [1.54, 1.807) is 13.0 Å². The van der Waals surface area contributed by atoms with E-state index in [0.717, 1.165) is 12.8 Å². The van der Waals surface area contributed by atoms with Crippen LogP contribution in [-0.2, 0) is 9.53 Å². The Balaban J connectivity index is 1.36. The molecule has 11 heteroatoms. The number of aryl methyl sites for hydroxylation is 1. The number of fused-ring (bicyclic) bond motifs is 1. The van der Waals surface area contributed by atoms with Gasteiger partial charge in [0.15, 0.2) is 0 Å². The normalized spacial score (nSPS) is 21.3. The maximum Gasteiger partial charge on any atom is 0.255 e. The average molecular weight is 528 g/mol. The predicted octanol–water partition coefficient (Wildman–Crippen LogP) is 3.61. The number of halogens is 2. The number of ether oxygens (including phenoxy) is 2. The highest BCUT2D eigenvalue weighted by atomic mass is 19.1. The Morgan fingerprint density at radius 1 is 1.16 bits per heavy atom. The van der Waals surface area contributed by atoms with Crippen LogP contribution in [-0.4, -0.2) is 65.3 Å². The van der Waals surface area contributed by atoms with Crippen LogP contribution in [0.5, 0.6) is 5.75 Å². The Labute approximate surface area is 218 Å². The van der Waals surface area contributed by atoms with Crippen molar-refractivity contribution >= 4 is 22.8 Å². The summed E-state index contributed by atoms with van der Waals surface area (Å²) in [7, 11) is 1.42. The van der Waals surface area contributed by atoms with E-state index >= 15 is 0 Å². The molecule has 202 valence electrons. The van der Waals surface area contributed by atoms with Crippen LogP contribution >= 0.6 is 0 Å². The average Bonchev–Trinajstić information content (AvgIpc) is 3.64. The van der Waals surface area contributed by atoms with Crippen LogP contribution in [0.2, 0.25) is 0 Å². The highest BCUT2D eigenvalue weighted by Gasteiger charge is 2.33. The molecule has 2 amide bonds. The number of aromatic nitrogens is 3. The van der Waals surface area contributed by atoms with E-state index in [2.05, 4.69) is 25.6 Å². The first-order chi connectivity index (χ1) is 18.3. The lowest BCUT2D eigenvalue weighted by atomic mass is 9.89. The maximum atomic E-state index is 15.0. The number of methoxy groups -OCH3 is 1. The summed E-state index contributed by atoms with van der Waals surface area (Å²) < 4.78 is 40.0. The molecule has 2 fully saturated rings. The number of rotatable bonds is 9. The molecule has 0 spiro atoms. The SMILES string of the molecule is COCC(=O)N[C@H]1CC[C@@H](NC(=O)c2c(C)[nH]c3c(-c4cc(F)ccc4OCC4CC4)ncnc23)[C@H](F)C1. The van der Waals surface area contributed by atoms with E-state index in [-0.39, 0.29) is 30.5 Å². The fourth-order valence-electron chi connectivity index (χ4n) is 4.96. The molecule has 38 heavy (non-hydrogen) atoms. The molecule has 3 atom stereocenters. The van der Waals surface area contributed by atoms with E-state index in [0.29, 0.717) is 59.1 Å². The van der Waals surface area contributed by atoms with E-state index in [4.69, 9.17) is 9.47 Å². The van der Waals surface area contributed by atoms with Gasteiger partial charge in [0, 0.05) is 30.8 Å². The standard InChI is InChI=1S/C27H31F2N5O4/c1-14-23(27(36)34-20-7-6-17(10-19(20)29)33-22(35)12-37-2)25-26(32-14)24(30-13-31-25)18-9-16(28)5-8-21(18)38-11-15-3-4-15/h5,8-9,13,15,17,19-20,32H,3-4,6-7,10-12H2,1-2H3,(H,33,35)(H,34,36)/t17-,19+,20+/m0/s1. The van der Waals surface area contributed by atoms with Gasteiger partial charge in [0.25, 0.3) is 5.91 Å². The summed E-state index contributed by atoms with van der Waals surface area (Å²) in [4.78, 5) is 37.0. The number of hydrogen-bond acceptors (Lipinski definition) is 6. The fourth-order valence-corrected chi connectivity index (χ4v) is 4.96. The lowest BCUT2D eigenvalue weighted by Crippen LogP contribution is -2.50. The number of aromatic amines is 1. The molecule has 0 aliphatic heterocycles. The molecule has 0 saturated heterocycles. The van der Waals surface area contributed by atoms with Gasteiger partial charge in [-0.2, -0.15) is 0 Å². The Morgan fingerprint density at radius 3 is 2.71 bits per heavy atom. The topological polar surface area (TPSA) is 118 Å². The Morgan fingerprint density at radius 2 is 1.97 bits per heavy atom. The lowest BCUT2D eigenvalue weighted by molar-refractivity contribution is -0.125. The minimum absolute atomic E-state index is 0.0823. The first-order valence-corrected chi connectivity index (χ1v) is 12.8. The summed E-state index contributed by atoms with van der Waals surface area (Å²) in [5, 5.41) is 5.56. The molecule has 5 rings (SSSR count).